The molecule has 0 bridgehead atoms. The minimum Gasteiger partial charge on any atom is -0.484 e. The fourth-order valence-electron chi connectivity index (χ4n) is 1.96. The number of benzene rings is 1. The maximum atomic E-state index is 12.7. The highest BCUT2D eigenvalue weighted by Crippen LogP contribution is 2.15. The van der Waals surface area contributed by atoms with Crippen LogP contribution in [-0.2, 0) is 14.3 Å². The predicted octanol–water partition coefficient (Wildman–Crippen LogP) is 2.05. The number of ether oxygens (including phenoxy) is 2. The Hall–Kier alpha value is -2.11. The number of carbonyl (C=O) groups is 2. The molecule has 1 aromatic carbocycles. The topological polar surface area (TPSA) is 64.6 Å². The molecule has 1 amide bonds. The summed E-state index contributed by atoms with van der Waals surface area (Å²) in [5, 5.41) is 2.61. The van der Waals surface area contributed by atoms with Gasteiger partial charge >= 0.3 is 5.97 Å². The van der Waals surface area contributed by atoms with Crippen LogP contribution in [0.2, 0.25) is 0 Å². The lowest BCUT2D eigenvalue weighted by Gasteiger charge is -2.27. The molecule has 0 heterocycles. The van der Waals surface area contributed by atoms with E-state index in [2.05, 4.69) is 5.32 Å². The van der Waals surface area contributed by atoms with Gasteiger partial charge in [0.25, 0.3) is 5.91 Å². The quantitative estimate of drug-likeness (QED) is 0.782. The summed E-state index contributed by atoms with van der Waals surface area (Å²) < 4.78 is 22.7. The van der Waals surface area contributed by atoms with Gasteiger partial charge in [0, 0.05) is 0 Å². The van der Waals surface area contributed by atoms with Gasteiger partial charge in [-0.3, -0.25) is 4.79 Å². The molecule has 1 aromatic rings. The van der Waals surface area contributed by atoms with Gasteiger partial charge in [-0.05, 0) is 37.6 Å². The molecule has 0 saturated carbocycles. The molecular formula is C15H20FNO4. The number of nitrogens with one attached hydrogen (secondary N) is 1. The molecule has 0 saturated heterocycles. The van der Waals surface area contributed by atoms with Gasteiger partial charge in [0.1, 0.15) is 17.1 Å². The van der Waals surface area contributed by atoms with E-state index in [-0.39, 0.29) is 12.4 Å². The summed E-state index contributed by atoms with van der Waals surface area (Å²) in [5.41, 5.74) is -1.08. The normalized spacial score (nSPS) is 13.1. The molecule has 21 heavy (non-hydrogen) atoms. The van der Waals surface area contributed by atoms with Gasteiger partial charge in [-0.25, -0.2) is 9.18 Å². The van der Waals surface area contributed by atoms with Gasteiger partial charge in [-0.2, -0.15) is 0 Å². The maximum Gasteiger partial charge on any atom is 0.331 e. The van der Waals surface area contributed by atoms with Gasteiger partial charge in [-0.1, -0.05) is 13.3 Å². The highest BCUT2D eigenvalue weighted by Gasteiger charge is 2.35. The van der Waals surface area contributed by atoms with Gasteiger partial charge in [0.2, 0.25) is 0 Å². The predicted molar refractivity (Wildman–Crippen MR) is 75.4 cm³/mol. The summed E-state index contributed by atoms with van der Waals surface area (Å²) in [6.45, 7) is 3.25. The fraction of sp³-hybridized carbons (Fsp3) is 0.467. The third-order valence-electron chi connectivity index (χ3n) is 2.98. The van der Waals surface area contributed by atoms with E-state index in [0.29, 0.717) is 18.6 Å². The first-order valence-corrected chi connectivity index (χ1v) is 6.69. The zero-order valence-corrected chi connectivity index (χ0v) is 12.4. The SMILES string of the molecule is CCCC(C)(NC(=O)COc1ccc(F)cc1)C(=O)OC. The van der Waals surface area contributed by atoms with Crippen molar-refractivity contribution in [3.8, 4) is 5.75 Å². The Morgan fingerprint density at radius 1 is 1.29 bits per heavy atom. The second-order valence-electron chi connectivity index (χ2n) is 4.86. The van der Waals surface area contributed by atoms with Gasteiger partial charge in [0.15, 0.2) is 6.61 Å². The van der Waals surface area contributed by atoms with E-state index in [0.717, 1.165) is 0 Å². The van der Waals surface area contributed by atoms with Crippen LogP contribution in [0.1, 0.15) is 26.7 Å². The lowest BCUT2D eigenvalue weighted by atomic mass is 9.96. The zero-order valence-electron chi connectivity index (χ0n) is 12.4. The van der Waals surface area contributed by atoms with E-state index in [1.807, 2.05) is 6.92 Å². The Morgan fingerprint density at radius 2 is 1.90 bits per heavy atom. The van der Waals surface area contributed by atoms with Crippen molar-refractivity contribution in [2.75, 3.05) is 13.7 Å². The van der Waals surface area contributed by atoms with E-state index in [9.17, 15) is 14.0 Å². The van der Waals surface area contributed by atoms with Crippen molar-refractivity contribution in [2.45, 2.75) is 32.2 Å². The molecule has 116 valence electrons. The lowest BCUT2D eigenvalue weighted by Crippen LogP contribution is -2.53. The number of esters is 1. The maximum absolute atomic E-state index is 12.7. The summed E-state index contributed by atoms with van der Waals surface area (Å²) in [6.07, 6.45) is 1.17. The average Bonchev–Trinajstić information content (AvgIpc) is 2.46. The van der Waals surface area contributed by atoms with Crippen LogP contribution in [0.3, 0.4) is 0 Å². The monoisotopic (exact) mass is 297 g/mol. The molecule has 0 aliphatic rings. The summed E-state index contributed by atoms with van der Waals surface area (Å²) in [4.78, 5) is 23.6. The Morgan fingerprint density at radius 3 is 2.43 bits per heavy atom. The molecule has 0 spiro atoms. The fourth-order valence-corrected chi connectivity index (χ4v) is 1.96. The first-order valence-electron chi connectivity index (χ1n) is 6.69. The Labute approximate surface area is 123 Å². The van der Waals surface area contributed by atoms with Crippen molar-refractivity contribution in [1.29, 1.82) is 0 Å². The van der Waals surface area contributed by atoms with Crippen LogP contribution in [0, 0.1) is 5.82 Å². The molecule has 0 aromatic heterocycles. The number of rotatable bonds is 7. The molecule has 5 nitrogen and oxygen atoms in total. The number of halogens is 1. The third kappa shape index (κ3) is 5.06. The van der Waals surface area contributed by atoms with Crippen molar-refractivity contribution in [3.05, 3.63) is 30.1 Å². The molecule has 1 unspecified atom stereocenters. The van der Waals surface area contributed by atoms with E-state index < -0.39 is 17.4 Å². The summed E-state index contributed by atoms with van der Waals surface area (Å²) >= 11 is 0. The standard InChI is InChI=1S/C15H20FNO4/c1-4-9-15(2,14(19)20-3)17-13(18)10-21-12-7-5-11(16)6-8-12/h5-8H,4,9-10H2,1-3H3,(H,17,18). The molecule has 1 atom stereocenters. The van der Waals surface area contributed by atoms with E-state index >= 15 is 0 Å². The van der Waals surface area contributed by atoms with Gasteiger partial charge < -0.3 is 14.8 Å². The first-order chi connectivity index (χ1) is 9.91. The Bertz CT molecular complexity index is 489. The second kappa shape index (κ2) is 7.61. The van der Waals surface area contributed by atoms with E-state index in [1.54, 1.807) is 6.92 Å². The number of amides is 1. The van der Waals surface area contributed by atoms with Gasteiger partial charge in [-0.15, -0.1) is 0 Å². The van der Waals surface area contributed by atoms with Crippen LogP contribution < -0.4 is 10.1 Å². The number of hydrogen-bond acceptors (Lipinski definition) is 4. The van der Waals surface area contributed by atoms with Crippen molar-refractivity contribution in [2.24, 2.45) is 0 Å². The molecule has 0 aliphatic heterocycles. The van der Waals surface area contributed by atoms with Crippen LogP contribution in [0.25, 0.3) is 0 Å². The lowest BCUT2D eigenvalue weighted by molar-refractivity contribution is -0.150. The Kier molecular flexibility index (Phi) is 6.14. The van der Waals surface area contributed by atoms with Crippen LogP contribution >= 0.6 is 0 Å². The van der Waals surface area contributed by atoms with Crippen molar-refractivity contribution in [3.63, 3.8) is 0 Å². The van der Waals surface area contributed by atoms with Crippen molar-refractivity contribution in [1.82, 2.24) is 5.32 Å². The summed E-state index contributed by atoms with van der Waals surface area (Å²) in [6, 6.07) is 5.33. The van der Waals surface area contributed by atoms with Crippen LogP contribution in [0.5, 0.6) is 5.75 Å². The zero-order chi connectivity index (χ0) is 15.9. The molecule has 6 heteroatoms. The summed E-state index contributed by atoms with van der Waals surface area (Å²) in [5.74, 6) is -0.949. The number of methoxy groups -OCH3 is 1. The minimum absolute atomic E-state index is 0.262. The number of carbonyl (C=O) groups excluding carboxylic acids is 2. The third-order valence-corrected chi connectivity index (χ3v) is 2.98. The average molecular weight is 297 g/mol. The van der Waals surface area contributed by atoms with Crippen molar-refractivity contribution >= 4 is 11.9 Å². The largest absolute Gasteiger partial charge is 0.484 e. The summed E-state index contributed by atoms with van der Waals surface area (Å²) in [7, 11) is 1.28. The number of hydrogen-bond donors (Lipinski definition) is 1. The van der Waals surface area contributed by atoms with E-state index in [1.165, 1.54) is 31.4 Å². The molecular weight excluding hydrogens is 277 g/mol. The highest BCUT2D eigenvalue weighted by molar-refractivity contribution is 5.88. The van der Waals surface area contributed by atoms with Crippen molar-refractivity contribution < 1.29 is 23.5 Å². The molecule has 0 aliphatic carbocycles. The Balaban J connectivity index is 2.58. The molecule has 1 rings (SSSR count). The minimum atomic E-state index is -1.08. The van der Waals surface area contributed by atoms with Gasteiger partial charge in [0.05, 0.1) is 7.11 Å². The second-order valence-corrected chi connectivity index (χ2v) is 4.86. The molecule has 0 radical (unpaired) electrons. The van der Waals surface area contributed by atoms with Crippen LogP contribution in [-0.4, -0.2) is 31.1 Å². The highest BCUT2D eigenvalue weighted by atomic mass is 19.1. The smallest absolute Gasteiger partial charge is 0.331 e. The van der Waals surface area contributed by atoms with Crippen LogP contribution in [0.4, 0.5) is 4.39 Å². The van der Waals surface area contributed by atoms with E-state index in [4.69, 9.17) is 9.47 Å². The molecule has 1 N–H and O–H groups in total. The van der Waals surface area contributed by atoms with Crippen LogP contribution in [0.15, 0.2) is 24.3 Å². The molecule has 0 fully saturated rings. The first kappa shape index (κ1) is 16.9.